The highest BCUT2D eigenvalue weighted by Crippen LogP contribution is 2.40. The first-order chi connectivity index (χ1) is 9.18. The SMILES string of the molecule is Cc1c(C(F)(F)F)nc2c(C)cc(F)c(Br)c2c1NN. The van der Waals surface area contributed by atoms with Crippen LogP contribution in [-0.2, 0) is 6.18 Å². The smallest absolute Gasteiger partial charge is 0.323 e. The minimum Gasteiger partial charge on any atom is -0.323 e. The van der Waals surface area contributed by atoms with Crippen molar-refractivity contribution >= 4 is 32.5 Å². The molecule has 3 N–H and O–H groups in total. The van der Waals surface area contributed by atoms with Gasteiger partial charge in [-0.25, -0.2) is 9.37 Å². The number of anilines is 1. The molecule has 0 aliphatic rings. The molecule has 0 saturated heterocycles. The molecule has 0 aliphatic carbocycles. The van der Waals surface area contributed by atoms with Gasteiger partial charge in [0.05, 0.1) is 15.7 Å². The zero-order valence-electron chi connectivity index (χ0n) is 10.5. The van der Waals surface area contributed by atoms with Gasteiger partial charge in [-0.05, 0) is 41.4 Å². The molecule has 2 aromatic rings. The molecule has 0 saturated carbocycles. The maximum absolute atomic E-state index is 13.7. The molecule has 1 heterocycles. The monoisotopic (exact) mass is 351 g/mol. The molecular formula is C12H10BrF4N3. The van der Waals surface area contributed by atoms with Gasteiger partial charge in [0.1, 0.15) is 11.5 Å². The lowest BCUT2D eigenvalue weighted by Gasteiger charge is -2.17. The Bertz CT molecular complexity index is 698. The van der Waals surface area contributed by atoms with Gasteiger partial charge in [0.15, 0.2) is 0 Å². The largest absolute Gasteiger partial charge is 0.433 e. The van der Waals surface area contributed by atoms with E-state index in [1.165, 1.54) is 13.8 Å². The standard InChI is InChI=1S/C12H10BrF4N3/c1-4-3-6(14)8(13)7-9(4)19-11(12(15,16)17)5(2)10(7)20-18/h3H,18H2,1-2H3,(H,19,20). The number of hydrazine groups is 1. The van der Waals surface area contributed by atoms with E-state index in [1.807, 2.05) is 0 Å². The lowest BCUT2D eigenvalue weighted by molar-refractivity contribution is -0.141. The molecule has 0 unspecified atom stereocenters. The van der Waals surface area contributed by atoms with Crippen LogP contribution in [0.4, 0.5) is 23.2 Å². The predicted octanol–water partition coefficient (Wildman–Crippen LogP) is 4.06. The molecule has 1 aromatic carbocycles. The second kappa shape index (κ2) is 4.85. The Morgan fingerprint density at radius 1 is 1.30 bits per heavy atom. The fourth-order valence-corrected chi connectivity index (χ4v) is 2.57. The molecule has 8 heteroatoms. The van der Waals surface area contributed by atoms with Gasteiger partial charge in [-0.15, -0.1) is 0 Å². The summed E-state index contributed by atoms with van der Waals surface area (Å²) in [4.78, 5) is 3.64. The fraction of sp³-hybridized carbons (Fsp3) is 0.250. The number of hydrogen-bond acceptors (Lipinski definition) is 3. The van der Waals surface area contributed by atoms with Crippen LogP contribution < -0.4 is 11.3 Å². The van der Waals surface area contributed by atoms with Crippen molar-refractivity contribution in [2.75, 3.05) is 5.43 Å². The van der Waals surface area contributed by atoms with Crippen molar-refractivity contribution in [1.82, 2.24) is 4.98 Å². The van der Waals surface area contributed by atoms with Crippen LogP contribution in [0.5, 0.6) is 0 Å². The summed E-state index contributed by atoms with van der Waals surface area (Å²) >= 11 is 3.02. The Balaban J connectivity index is 3.04. The Morgan fingerprint density at radius 3 is 2.40 bits per heavy atom. The van der Waals surface area contributed by atoms with Crippen LogP contribution in [0.3, 0.4) is 0 Å². The third kappa shape index (κ3) is 2.22. The summed E-state index contributed by atoms with van der Waals surface area (Å²) in [6.45, 7) is 2.72. The van der Waals surface area contributed by atoms with Crippen molar-refractivity contribution in [2.45, 2.75) is 20.0 Å². The van der Waals surface area contributed by atoms with E-state index in [0.717, 1.165) is 6.07 Å². The second-order valence-corrected chi connectivity index (χ2v) is 5.11. The highest BCUT2D eigenvalue weighted by molar-refractivity contribution is 9.10. The summed E-state index contributed by atoms with van der Waals surface area (Å²) in [5.74, 6) is 4.72. The van der Waals surface area contributed by atoms with Gasteiger partial charge in [0.25, 0.3) is 0 Å². The highest BCUT2D eigenvalue weighted by atomic mass is 79.9. The minimum atomic E-state index is -4.61. The zero-order valence-corrected chi connectivity index (χ0v) is 12.1. The van der Waals surface area contributed by atoms with Gasteiger partial charge in [-0.2, -0.15) is 13.2 Å². The number of nitrogens with one attached hydrogen (secondary N) is 1. The predicted molar refractivity (Wildman–Crippen MR) is 71.7 cm³/mol. The Kier molecular flexibility index (Phi) is 3.64. The van der Waals surface area contributed by atoms with Crippen LogP contribution in [0.15, 0.2) is 10.5 Å². The Labute approximate surface area is 120 Å². The van der Waals surface area contributed by atoms with Gasteiger partial charge in [-0.3, -0.25) is 5.84 Å². The molecule has 1 aromatic heterocycles. The number of hydrogen-bond donors (Lipinski definition) is 2. The number of benzene rings is 1. The van der Waals surface area contributed by atoms with Crippen molar-refractivity contribution in [2.24, 2.45) is 5.84 Å². The van der Waals surface area contributed by atoms with E-state index in [2.05, 4.69) is 26.3 Å². The van der Waals surface area contributed by atoms with E-state index in [0.29, 0.717) is 5.56 Å². The van der Waals surface area contributed by atoms with Gasteiger partial charge >= 0.3 is 6.18 Å². The zero-order chi connectivity index (χ0) is 15.2. The normalized spacial score (nSPS) is 12.0. The lowest BCUT2D eigenvalue weighted by Crippen LogP contribution is -2.16. The van der Waals surface area contributed by atoms with Crippen molar-refractivity contribution < 1.29 is 17.6 Å². The molecule has 0 fully saturated rings. The Morgan fingerprint density at radius 2 is 1.90 bits per heavy atom. The van der Waals surface area contributed by atoms with Crippen LogP contribution >= 0.6 is 15.9 Å². The molecule has 0 amide bonds. The van der Waals surface area contributed by atoms with Crippen molar-refractivity contribution in [1.29, 1.82) is 0 Å². The highest BCUT2D eigenvalue weighted by Gasteiger charge is 2.36. The van der Waals surface area contributed by atoms with E-state index >= 15 is 0 Å². The molecule has 108 valence electrons. The maximum atomic E-state index is 13.7. The lowest BCUT2D eigenvalue weighted by atomic mass is 10.0. The van der Waals surface area contributed by atoms with E-state index in [9.17, 15) is 17.6 Å². The summed E-state index contributed by atoms with van der Waals surface area (Å²) in [5.41, 5.74) is 1.32. The molecule has 3 nitrogen and oxygen atoms in total. The van der Waals surface area contributed by atoms with Gasteiger partial charge in [-0.1, -0.05) is 0 Å². The molecule has 2 rings (SSSR count). The van der Waals surface area contributed by atoms with E-state index in [-0.39, 0.29) is 26.6 Å². The number of halogens is 5. The quantitative estimate of drug-likeness (QED) is 0.462. The van der Waals surface area contributed by atoms with Crippen LogP contribution in [-0.4, -0.2) is 4.98 Å². The first kappa shape index (κ1) is 15.0. The number of alkyl halides is 3. The summed E-state index contributed by atoms with van der Waals surface area (Å²) in [7, 11) is 0. The number of nitrogens with zero attached hydrogens (tertiary/aromatic N) is 1. The van der Waals surface area contributed by atoms with E-state index in [1.54, 1.807) is 0 Å². The van der Waals surface area contributed by atoms with Crippen molar-refractivity contribution in [3.63, 3.8) is 0 Å². The van der Waals surface area contributed by atoms with Crippen LogP contribution in [0.1, 0.15) is 16.8 Å². The number of rotatable bonds is 1. The van der Waals surface area contributed by atoms with E-state index in [4.69, 9.17) is 5.84 Å². The van der Waals surface area contributed by atoms with Crippen molar-refractivity contribution in [3.8, 4) is 0 Å². The summed E-state index contributed by atoms with van der Waals surface area (Å²) in [6.07, 6.45) is -4.61. The molecule has 20 heavy (non-hydrogen) atoms. The minimum absolute atomic E-state index is 0.00296. The summed E-state index contributed by atoms with van der Waals surface area (Å²) in [5, 5.41) is 0.190. The number of aromatic nitrogens is 1. The molecule has 0 bridgehead atoms. The maximum Gasteiger partial charge on any atom is 0.433 e. The number of nitrogens with two attached hydrogens (primary N) is 1. The van der Waals surface area contributed by atoms with E-state index < -0.39 is 17.7 Å². The first-order valence-corrected chi connectivity index (χ1v) is 6.30. The van der Waals surface area contributed by atoms with Gasteiger partial charge < -0.3 is 5.43 Å². The van der Waals surface area contributed by atoms with Crippen LogP contribution in [0, 0.1) is 19.7 Å². The number of pyridine rings is 1. The molecule has 0 aliphatic heterocycles. The second-order valence-electron chi connectivity index (χ2n) is 4.32. The average Bonchev–Trinajstić information content (AvgIpc) is 2.33. The molecule has 0 radical (unpaired) electrons. The third-order valence-corrected chi connectivity index (χ3v) is 3.77. The first-order valence-electron chi connectivity index (χ1n) is 5.51. The molecule has 0 atom stereocenters. The number of fused-ring (bicyclic) bond motifs is 1. The number of aryl methyl sites for hydroxylation is 1. The van der Waals surface area contributed by atoms with Crippen molar-refractivity contribution in [3.05, 3.63) is 33.2 Å². The fourth-order valence-electron chi connectivity index (χ4n) is 2.07. The topological polar surface area (TPSA) is 50.9 Å². The summed E-state index contributed by atoms with van der Waals surface area (Å²) < 4.78 is 52.7. The van der Waals surface area contributed by atoms with Gasteiger partial charge in [0.2, 0.25) is 0 Å². The molecule has 0 spiro atoms. The Hall–Kier alpha value is -1.41. The summed E-state index contributed by atoms with van der Waals surface area (Å²) in [6, 6.07) is 1.12. The van der Waals surface area contributed by atoms with Crippen LogP contribution in [0.25, 0.3) is 10.9 Å². The molecular weight excluding hydrogens is 342 g/mol. The number of nitrogen functional groups attached to an aromatic ring is 1. The third-order valence-electron chi connectivity index (χ3n) is 3.00. The van der Waals surface area contributed by atoms with Crippen LogP contribution in [0.2, 0.25) is 0 Å². The van der Waals surface area contributed by atoms with Gasteiger partial charge in [0, 0.05) is 10.9 Å². The average molecular weight is 352 g/mol.